The van der Waals surface area contributed by atoms with Crippen LogP contribution in [-0.4, -0.2) is 22.1 Å². The third kappa shape index (κ3) is 4.39. The number of imidazole rings is 1. The number of hydrogen-bond donors (Lipinski definition) is 1. The van der Waals surface area contributed by atoms with E-state index in [4.69, 9.17) is 4.74 Å². The Morgan fingerprint density at radius 1 is 1.20 bits per heavy atom. The maximum Gasteiger partial charge on any atom is 0.253 e. The van der Waals surface area contributed by atoms with Crippen molar-refractivity contribution in [3.05, 3.63) is 82.5 Å². The average Bonchev–Trinajstić information content (AvgIpc) is 3.17. The van der Waals surface area contributed by atoms with Gasteiger partial charge in [0.15, 0.2) is 0 Å². The number of para-hydroxylation sites is 1. The van der Waals surface area contributed by atoms with Gasteiger partial charge in [-0.3, -0.25) is 4.79 Å². The van der Waals surface area contributed by atoms with Crippen LogP contribution in [-0.2, 0) is 5.66 Å². The highest BCUT2D eigenvalue weighted by molar-refractivity contribution is 14.1. The molecule has 1 amide bonds. The summed E-state index contributed by atoms with van der Waals surface area (Å²) < 4.78 is 8.80. The Bertz CT molecular complexity index is 820. The molecule has 0 aliphatic heterocycles. The summed E-state index contributed by atoms with van der Waals surface area (Å²) in [7, 11) is 0. The summed E-state index contributed by atoms with van der Waals surface area (Å²) in [5.74, 6) is 0.585. The van der Waals surface area contributed by atoms with Gasteiger partial charge in [0.1, 0.15) is 18.0 Å². The first-order valence-corrected chi connectivity index (χ1v) is 8.89. The number of rotatable bonds is 6. The van der Waals surface area contributed by atoms with Gasteiger partial charge in [0.2, 0.25) is 0 Å². The second kappa shape index (κ2) is 7.69. The molecule has 0 aliphatic rings. The molecule has 0 bridgehead atoms. The molecule has 0 aliphatic carbocycles. The van der Waals surface area contributed by atoms with E-state index < -0.39 is 5.66 Å². The van der Waals surface area contributed by atoms with Gasteiger partial charge in [0.05, 0.1) is 6.33 Å². The molecule has 6 heteroatoms. The zero-order valence-electron chi connectivity index (χ0n) is 13.7. The SMILES string of the molecule is CC(COc1ccccc1)(NC(=O)c1ccc(I)cc1)n1ccnc1. The Hall–Kier alpha value is -2.35. The topological polar surface area (TPSA) is 56.1 Å². The Morgan fingerprint density at radius 3 is 2.56 bits per heavy atom. The highest BCUT2D eigenvalue weighted by atomic mass is 127. The standard InChI is InChI=1S/C19H18IN3O2/c1-19(23-12-11-21-14-23,13-25-17-5-3-2-4-6-17)22-18(24)15-7-9-16(20)10-8-15/h2-12,14H,13H2,1H3,(H,22,24). The Kier molecular flexibility index (Phi) is 5.37. The van der Waals surface area contributed by atoms with Crippen molar-refractivity contribution in [2.45, 2.75) is 12.6 Å². The fraction of sp³-hybridized carbons (Fsp3) is 0.158. The predicted octanol–water partition coefficient (Wildman–Crippen LogP) is 3.67. The number of nitrogens with zero attached hydrogens (tertiary/aromatic N) is 2. The highest BCUT2D eigenvalue weighted by Crippen LogP contribution is 2.18. The fourth-order valence-electron chi connectivity index (χ4n) is 2.38. The molecule has 1 unspecified atom stereocenters. The molecular formula is C19H18IN3O2. The lowest BCUT2D eigenvalue weighted by atomic mass is 10.1. The van der Waals surface area contributed by atoms with Gasteiger partial charge in [-0.05, 0) is 65.9 Å². The van der Waals surface area contributed by atoms with Gasteiger partial charge in [-0.25, -0.2) is 4.98 Å². The van der Waals surface area contributed by atoms with E-state index in [0.717, 1.165) is 9.32 Å². The second-order valence-electron chi connectivity index (χ2n) is 5.81. The monoisotopic (exact) mass is 447 g/mol. The minimum Gasteiger partial charge on any atom is -0.489 e. The van der Waals surface area contributed by atoms with Gasteiger partial charge in [-0.1, -0.05) is 18.2 Å². The number of ether oxygens (including phenoxy) is 1. The first-order chi connectivity index (χ1) is 12.1. The van der Waals surface area contributed by atoms with Crippen molar-refractivity contribution >= 4 is 28.5 Å². The molecule has 5 nitrogen and oxygen atoms in total. The zero-order chi connectivity index (χ0) is 17.7. The maximum absolute atomic E-state index is 12.7. The van der Waals surface area contributed by atoms with Gasteiger partial charge in [-0.2, -0.15) is 0 Å². The van der Waals surface area contributed by atoms with Crippen LogP contribution in [0.3, 0.4) is 0 Å². The average molecular weight is 447 g/mol. The number of nitrogens with one attached hydrogen (secondary N) is 1. The summed E-state index contributed by atoms with van der Waals surface area (Å²) in [6.45, 7) is 2.17. The van der Waals surface area contributed by atoms with E-state index in [1.165, 1.54) is 0 Å². The molecule has 1 heterocycles. The summed E-state index contributed by atoms with van der Waals surface area (Å²) in [5.41, 5.74) is -0.168. The van der Waals surface area contributed by atoms with Crippen molar-refractivity contribution < 1.29 is 9.53 Å². The number of aromatic nitrogens is 2. The summed E-state index contributed by atoms with van der Waals surface area (Å²) >= 11 is 2.21. The summed E-state index contributed by atoms with van der Waals surface area (Å²) in [4.78, 5) is 16.8. The van der Waals surface area contributed by atoms with Gasteiger partial charge < -0.3 is 14.6 Å². The molecule has 0 radical (unpaired) electrons. The van der Waals surface area contributed by atoms with Crippen molar-refractivity contribution in [1.29, 1.82) is 0 Å². The Balaban J connectivity index is 1.79. The van der Waals surface area contributed by atoms with Crippen LogP contribution in [0.15, 0.2) is 73.3 Å². The van der Waals surface area contributed by atoms with Crippen molar-refractivity contribution in [3.63, 3.8) is 0 Å². The number of carbonyl (C=O) groups excluding carboxylic acids is 1. The van der Waals surface area contributed by atoms with Crippen molar-refractivity contribution in [3.8, 4) is 5.75 Å². The van der Waals surface area contributed by atoms with Crippen LogP contribution in [0.4, 0.5) is 0 Å². The van der Waals surface area contributed by atoms with Gasteiger partial charge in [-0.15, -0.1) is 0 Å². The molecule has 0 saturated carbocycles. The van der Waals surface area contributed by atoms with E-state index in [0.29, 0.717) is 5.56 Å². The van der Waals surface area contributed by atoms with Crippen LogP contribution in [0.25, 0.3) is 0 Å². The smallest absolute Gasteiger partial charge is 0.253 e. The minimum atomic E-state index is -0.771. The number of benzene rings is 2. The molecule has 128 valence electrons. The summed E-state index contributed by atoms with van der Waals surface area (Å²) in [6, 6.07) is 17.0. The molecule has 3 rings (SSSR count). The number of amides is 1. The van der Waals surface area contributed by atoms with Crippen LogP contribution < -0.4 is 10.1 Å². The van der Waals surface area contributed by atoms with Crippen molar-refractivity contribution in [1.82, 2.24) is 14.9 Å². The van der Waals surface area contributed by atoms with E-state index in [1.54, 1.807) is 12.5 Å². The molecule has 0 saturated heterocycles. The largest absolute Gasteiger partial charge is 0.489 e. The predicted molar refractivity (Wildman–Crippen MR) is 104 cm³/mol. The van der Waals surface area contributed by atoms with Gasteiger partial charge in [0, 0.05) is 21.5 Å². The normalized spacial score (nSPS) is 13.0. The zero-order valence-corrected chi connectivity index (χ0v) is 15.9. The van der Waals surface area contributed by atoms with E-state index in [9.17, 15) is 4.79 Å². The third-order valence-corrected chi connectivity index (χ3v) is 4.55. The van der Waals surface area contributed by atoms with Crippen molar-refractivity contribution in [2.24, 2.45) is 0 Å². The van der Waals surface area contributed by atoms with Crippen LogP contribution in [0.5, 0.6) is 5.75 Å². The Labute approximate surface area is 160 Å². The number of halogens is 1. The fourth-order valence-corrected chi connectivity index (χ4v) is 2.74. The molecule has 25 heavy (non-hydrogen) atoms. The first-order valence-electron chi connectivity index (χ1n) is 7.81. The molecule has 1 aromatic heterocycles. The van der Waals surface area contributed by atoms with Gasteiger partial charge >= 0.3 is 0 Å². The van der Waals surface area contributed by atoms with E-state index >= 15 is 0 Å². The lowest BCUT2D eigenvalue weighted by Gasteiger charge is -2.32. The molecular weight excluding hydrogens is 429 g/mol. The van der Waals surface area contributed by atoms with Crippen LogP contribution >= 0.6 is 22.6 Å². The minimum absolute atomic E-state index is 0.163. The molecule has 0 fully saturated rings. The molecule has 1 N–H and O–H groups in total. The second-order valence-corrected chi connectivity index (χ2v) is 7.05. The van der Waals surface area contributed by atoms with Crippen molar-refractivity contribution in [2.75, 3.05) is 6.61 Å². The first kappa shape index (κ1) is 17.5. The Morgan fingerprint density at radius 2 is 1.92 bits per heavy atom. The van der Waals surface area contributed by atoms with Crippen LogP contribution in [0.1, 0.15) is 17.3 Å². The third-order valence-electron chi connectivity index (χ3n) is 3.83. The molecule has 1 atom stereocenters. The molecule has 2 aromatic carbocycles. The molecule has 0 spiro atoms. The molecule has 3 aromatic rings. The summed E-state index contributed by atoms with van der Waals surface area (Å²) in [6.07, 6.45) is 5.16. The van der Waals surface area contributed by atoms with Gasteiger partial charge in [0.25, 0.3) is 5.91 Å². The highest BCUT2D eigenvalue weighted by Gasteiger charge is 2.29. The van der Waals surface area contributed by atoms with E-state index in [-0.39, 0.29) is 12.5 Å². The quantitative estimate of drug-likeness (QED) is 0.587. The van der Waals surface area contributed by atoms with Crippen LogP contribution in [0, 0.1) is 3.57 Å². The van der Waals surface area contributed by atoms with Crippen LogP contribution in [0.2, 0.25) is 0 Å². The number of carbonyl (C=O) groups is 1. The lowest BCUT2D eigenvalue weighted by Crippen LogP contribution is -2.51. The lowest BCUT2D eigenvalue weighted by molar-refractivity contribution is 0.0761. The van der Waals surface area contributed by atoms with E-state index in [1.807, 2.05) is 72.3 Å². The van der Waals surface area contributed by atoms with E-state index in [2.05, 4.69) is 32.9 Å². The number of hydrogen-bond acceptors (Lipinski definition) is 3. The summed E-state index contributed by atoms with van der Waals surface area (Å²) in [5, 5.41) is 3.06. The maximum atomic E-state index is 12.7.